The Morgan fingerprint density at radius 2 is 2.10 bits per heavy atom. The summed E-state index contributed by atoms with van der Waals surface area (Å²) < 4.78 is 1.65. The van der Waals surface area contributed by atoms with Gasteiger partial charge in [0, 0.05) is 6.42 Å². The number of allylic oxidation sites excluding steroid dienone is 1. The van der Waals surface area contributed by atoms with Crippen LogP contribution in [0.2, 0.25) is 0 Å². The highest BCUT2D eigenvalue weighted by Gasteiger charge is 2.26. The second-order valence-corrected chi connectivity index (χ2v) is 4.70. The first kappa shape index (κ1) is 13.2. The molecule has 0 aliphatic carbocycles. The van der Waals surface area contributed by atoms with Crippen LogP contribution in [0.1, 0.15) is 24.4 Å². The average Bonchev–Trinajstić information content (AvgIpc) is 2.90. The maximum absolute atomic E-state index is 11.2. The van der Waals surface area contributed by atoms with Gasteiger partial charge in [0.1, 0.15) is 17.5 Å². The summed E-state index contributed by atoms with van der Waals surface area (Å²) in [6.07, 6.45) is 2.24. The van der Waals surface area contributed by atoms with Gasteiger partial charge in [-0.05, 0) is 23.8 Å². The molecule has 1 aliphatic rings. The summed E-state index contributed by atoms with van der Waals surface area (Å²) in [5.74, 6) is 0.153. The minimum absolute atomic E-state index is 0.0654. The number of hydrogen-bond acceptors (Lipinski definition) is 5. The maximum Gasteiger partial charge on any atom is 0.352 e. The molecular formula is C14H14N4O3. The molecule has 2 aromatic rings. The maximum atomic E-state index is 11.2. The highest BCUT2D eigenvalue weighted by atomic mass is 16.4. The molecule has 2 heterocycles. The molecule has 0 saturated carbocycles. The van der Waals surface area contributed by atoms with Gasteiger partial charge >= 0.3 is 5.97 Å². The summed E-state index contributed by atoms with van der Waals surface area (Å²) in [5.41, 5.74) is 0.887. The number of phenols is 1. The van der Waals surface area contributed by atoms with Crippen molar-refractivity contribution < 1.29 is 15.0 Å². The Morgan fingerprint density at radius 3 is 2.71 bits per heavy atom. The van der Waals surface area contributed by atoms with Crippen molar-refractivity contribution in [2.45, 2.75) is 19.4 Å². The van der Waals surface area contributed by atoms with E-state index in [-0.39, 0.29) is 17.5 Å². The van der Waals surface area contributed by atoms with E-state index >= 15 is 0 Å². The Hall–Kier alpha value is -2.83. The number of rotatable bonds is 3. The first-order chi connectivity index (χ1) is 10.1. The molecule has 1 atom stereocenters. The zero-order valence-electron chi connectivity index (χ0n) is 11.3. The van der Waals surface area contributed by atoms with Crippen molar-refractivity contribution in [3.63, 3.8) is 0 Å². The van der Waals surface area contributed by atoms with Crippen LogP contribution in [0, 0.1) is 0 Å². The van der Waals surface area contributed by atoms with Crippen LogP contribution >= 0.6 is 0 Å². The highest BCUT2D eigenvalue weighted by Crippen LogP contribution is 2.29. The number of nitrogens with one attached hydrogen (secondary N) is 1. The number of fused-ring (bicyclic) bond motifs is 1. The molecule has 1 aliphatic heterocycles. The molecule has 0 bridgehead atoms. The molecule has 108 valence electrons. The normalized spacial score (nSPS) is 16.8. The van der Waals surface area contributed by atoms with Gasteiger partial charge in [0.15, 0.2) is 5.82 Å². The molecule has 0 saturated heterocycles. The van der Waals surface area contributed by atoms with Crippen molar-refractivity contribution in [1.82, 2.24) is 14.8 Å². The Bertz CT molecular complexity index is 718. The van der Waals surface area contributed by atoms with Crippen LogP contribution in [-0.4, -0.2) is 30.9 Å². The highest BCUT2D eigenvalue weighted by molar-refractivity contribution is 5.90. The predicted octanol–water partition coefficient (Wildman–Crippen LogP) is 1.53. The van der Waals surface area contributed by atoms with Crippen molar-refractivity contribution in [1.29, 1.82) is 0 Å². The van der Waals surface area contributed by atoms with E-state index in [2.05, 4.69) is 15.4 Å². The summed E-state index contributed by atoms with van der Waals surface area (Å²) in [5, 5.41) is 25.7. The molecule has 3 N–H and O–H groups in total. The fourth-order valence-corrected chi connectivity index (χ4v) is 2.22. The number of carboxylic acid groups (broad SMARTS) is 1. The smallest absolute Gasteiger partial charge is 0.352 e. The molecule has 1 aromatic carbocycles. The largest absolute Gasteiger partial charge is 0.508 e. The van der Waals surface area contributed by atoms with E-state index in [0.717, 1.165) is 5.56 Å². The third-order valence-corrected chi connectivity index (χ3v) is 3.29. The standard InChI is InChI=1S/C14H14N4O3/c1-2-12-16-14-15-10(13(20)21)7-11(18(14)17-12)8-3-5-9(19)6-4-8/h3-7,11,19H,2H2,1H3,(H,20,21)(H,15,16,17)/t11-/m1/s1. The van der Waals surface area contributed by atoms with E-state index in [0.29, 0.717) is 18.2 Å². The summed E-state index contributed by atoms with van der Waals surface area (Å²) >= 11 is 0. The van der Waals surface area contributed by atoms with Crippen LogP contribution in [0.25, 0.3) is 0 Å². The first-order valence-corrected chi connectivity index (χ1v) is 6.55. The molecule has 21 heavy (non-hydrogen) atoms. The van der Waals surface area contributed by atoms with E-state index in [1.807, 2.05) is 6.92 Å². The van der Waals surface area contributed by atoms with Gasteiger partial charge in [-0.2, -0.15) is 10.1 Å². The molecule has 0 unspecified atom stereocenters. The molecule has 0 spiro atoms. The number of carboxylic acids is 1. The Kier molecular flexibility index (Phi) is 3.09. The monoisotopic (exact) mass is 286 g/mol. The number of benzene rings is 1. The molecule has 0 amide bonds. The number of nitrogens with zero attached hydrogens (tertiary/aromatic N) is 3. The molecule has 1 aromatic heterocycles. The summed E-state index contributed by atoms with van der Waals surface area (Å²) in [4.78, 5) is 15.5. The summed E-state index contributed by atoms with van der Waals surface area (Å²) in [6.45, 7) is 1.93. The third-order valence-electron chi connectivity index (χ3n) is 3.29. The van der Waals surface area contributed by atoms with Gasteiger partial charge in [0.2, 0.25) is 5.95 Å². The Morgan fingerprint density at radius 1 is 1.38 bits per heavy atom. The minimum Gasteiger partial charge on any atom is -0.508 e. The van der Waals surface area contributed by atoms with Gasteiger partial charge in [-0.15, -0.1) is 0 Å². The van der Waals surface area contributed by atoms with Gasteiger partial charge in [-0.1, -0.05) is 19.1 Å². The summed E-state index contributed by atoms with van der Waals surface area (Å²) in [7, 11) is 0. The molecule has 0 radical (unpaired) electrons. The number of carbonyl (C=O) groups is 1. The van der Waals surface area contributed by atoms with Crippen LogP contribution in [0.3, 0.4) is 0 Å². The Labute approximate surface area is 120 Å². The van der Waals surface area contributed by atoms with E-state index in [4.69, 9.17) is 0 Å². The zero-order chi connectivity index (χ0) is 15.0. The minimum atomic E-state index is -1.05. The molecule has 0 fully saturated rings. The molecular weight excluding hydrogens is 272 g/mol. The predicted molar refractivity (Wildman–Crippen MR) is 75.0 cm³/mol. The van der Waals surface area contributed by atoms with Gasteiger partial charge in [-0.25, -0.2) is 9.48 Å². The zero-order valence-corrected chi connectivity index (χ0v) is 11.3. The lowest BCUT2D eigenvalue weighted by atomic mass is 10.0. The molecule has 7 heteroatoms. The number of anilines is 1. The lowest BCUT2D eigenvalue weighted by Gasteiger charge is -2.22. The fourth-order valence-electron chi connectivity index (χ4n) is 2.22. The second-order valence-electron chi connectivity index (χ2n) is 4.70. The van der Waals surface area contributed by atoms with Crippen molar-refractivity contribution in [2.75, 3.05) is 5.32 Å². The van der Waals surface area contributed by atoms with E-state index in [9.17, 15) is 15.0 Å². The number of phenolic OH excluding ortho intramolecular Hbond substituents is 1. The van der Waals surface area contributed by atoms with Crippen LogP contribution in [0.15, 0.2) is 36.0 Å². The fraction of sp³-hybridized carbons (Fsp3) is 0.214. The summed E-state index contributed by atoms with van der Waals surface area (Å²) in [6, 6.07) is 6.21. The van der Waals surface area contributed by atoms with Gasteiger partial charge in [0.25, 0.3) is 0 Å². The topological polar surface area (TPSA) is 100 Å². The van der Waals surface area contributed by atoms with Gasteiger partial charge in [-0.3, -0.25) is 0 Å². The number of aryl methyl sites for hydroxylation is 1. The SMILES string of the molecule is CCc1nc2n(n1)[C@@H](c1ccc(O)cc1)C=C(C(=O)O)N2. The number of aliphatic carboxylic acids is 1. The average molecular weight is 286 g/mol. The van der Waals surface area contributed by atoms with Crippen LogP contribution < -0.4 is 5.32 Å². The lowest BCUT2D eigenvalue weighted by Crippen LogP contribution is -2.24. The van der Waals surface area contributed by atoms with Crippen LogP contribution in [0.4, 0.5) is 5.95 Å². The number of aromatic hydroxyl groups is 1. The van der Waals surface area contributed by atoms with Crippen LogP contribution in [-0.2, 0) is 11.2 Å². The Balaban J connectivity index is 2.10. The quantitative estimate of drug-likeness (QED) is 0.791. The van der Waals surface area contributed by atoms with Crippen molar-refractivity contribution in [2.24, 2.45) is 0 Å². The van der Waals surface area contributed by atoms with E-state index in [1.165, 1.54) is 0 Å². The van der Waals surface area contributed by atoms with Crippen molar-refractivity contribution >= 4 is 11.9 Å². The molecule has 7 nitrogen and oxygen atoms in total. The molecule has 3 rings (SSSR count). The van der Waals surface area contributed by atoms with Gasteiger partial charge < -0.3 is 15.5 Å². The van der Waals surface area contributed by atoms with Crippen molar-refractivity contribution in [3.8, 4) is 5.75 Å². The first-order valence-electron chi connectivity index (χ1n) is 6.55. The van der Waals surface area contributed by atoms with Gasteiger partial charge in [0.05, 0.1) is 0 Å². The third kappa shape index (κ3) is 2.33. The lowest BCUT2D eigenvalue weighted by molar-refractivity contribution is -0.132. The van der Waals surface area contributed by atoms with Crippen LogP contribution in [0.5, 0.6) is 5.75 Å². The number of hydrogen-bond donors (Lipinski definition) is 3. The second kappa shape index (κ2) is 4.93. The van der Waals surface area contributed by atoms with Crippen molar-refractivity contribution in [3.05, 3.63) is 47.4 Å². The number of aromatic nitrogens is 3. The van der Waals surface area contributed by atoms with E-state index < -0.39 is 5.97 Å². The van der Waals surface area contributed by atoms with E-state index in [1.54, 1.807) is 35.0 Å².